The van der Waals surface area contributed by atoms with Gasteiger partial charge in [0.25, 0.3) is 0 Å². The minimum atomic E-state index is 0.683. The van der Waals surface area contributed by atoms with E-state index in [1.165, 1.54) is 5.69 Å². The molecule has 0 aliphatic rings. The van der Waals surface area contributed by atoms with Crippen LogP contribution in [0.25, 0.3) is 0 Å². The third kappa shape index (κ3) is 3.64. The SMILES string of the molecule is CO/N=C(/C[n+]1ccccc1C)c1ccc(Br)cc1. The summed E-state index contributed by atoms with van der Waals surface area (Å²) in [6, 6.07) is 14.2. The lowest BCUT2D eigenvalue weighted by Crippen LogP contribution is -2.40. The Kier molecular flexibility index (Phi) is 4.68. The van der Waals surface area contributed by atoms with E-state index in [4.69, 9.17) is 4.84 Å². The fourth-order valence-corrected chi connectivity index (χ4v) is 2.09. The molecule has 3 nitrogen and oxygen atoms in total. The molecule has 0 aliphatic carbocycles. The van der Waals surface area contributed by atoms with E-state index in [9.17, 15) is 0 Å². The van der Waals surface area contributed by atoms with Crippen LogP contribution in [0, 0.1) is 6.92 Å². The van der Waals surface area contributed by atoms with Crippen LogP contribution in [0.4, 0.5) is 0 Å². The fourth-order valence-electron chi connectivity index (χ4n) is 1.83. The summed E-state index contributed by atoms with van der Waals surface area (Å²) in [5.74, 6) is 0. The van der Waals surface area contributed by atoms with Gasteiger partial charge in [-0.05, 0) is 12.1 Å². The predicted molar refractivity (Wildman–Crippen MR) is 79.1 cm³/mol. The minimum absolute atomic E-state index is 0.683. The van der Waals surface area contributed by atoms with Gasteiger partial charge in [-0.25, -0.2) is 0 Å². The minimum Gasteiger partial charge on any atom is -0.399 e. The van der Waals surface area contributed by atoms with Gasteiger partial charge in [-0.2, -0.15) is 4.57 Å². The van der Waals surface area contributed by atoms with E-state index in [1.807, 2.05) is 42.6 Å². The second-order valence-electron chi connectivity index (χ2n) is 4.20. The number of halogens is 1. The molecule has 0 unspecified atom stereocenters. The third-order valence-corrected chi connectivity index (χ3v) is 3.40. The van der Waals surface area contributed by atoms with E-state index in [2.05, 4.69) is 38.6 Å². The maximum atomic E-state index is 4.96. The average molecular weight is 320 g/mol. The standard InChI is InChI=1S/C15H16BrN2O/c1-12-5-3-4-10-18(12)11-15(17-19-2)13-6-8-14(16)9-7-13/h3-10H,11H2,1-2H3/q+1/b17-15-. The van der Waals surface area contributed by atoms with Crippen LogP contribution in [0.5, 0.6) is 0 Å². The molecule has 1 aromatic heterocycles. The van der Waals surface area contributed by atoms with Gasteiger partial charge in [0, 0.05) is 29.1 Å². The Morgan fingerprint density at radius 2 is 1.95 bits per heavy atom. The van der Waals surface area contributed by atoms with Crippen LogP contribution in [0.3, 0.4) is 0 Å². The van der Waals surface area contributed by atoms with Crippen molar-refractivity contribution in [2.45, 2.75) is 13.5 Å². The highest BCUT2D eigenvalue weighted by molar-refractivity contribution is 9.10. The summed E-state index contributed by atoms with van der Waals surface area (Å²) in [4.78, 5) is 4.96. The lowest BCUT2D eigenvalue weighted by molar-refractivity contribution is -0.687. The van der Waals surface area contributed by atoms with Gasteiger partial charge >= 0.3 is 0 Å². The summed E-state index contributed by atoms with van der Waals surface area (Å²) in [5, 5.41) is 4.14. The molecule has 98 valence electrons. The summed E-state index contributed by atoms with van der Waals surface area (Å²) in [6.45, 7) is 2.76. The first kappa shape index (κ1) is 13.7. The summed E-state index contributed by atoms with van der Waals surface area (Å²) in [5.41, 5.74) is 3.14. The molecule has 0 N–H and O–H groups in total. The first-order valence-corrected chi connectivity index (χ1v) is 6.81. The highest BCUT2D eigenvalue weighted by Crippen LogP contribution is 2.11. The number of rotatable bonds is 4. The molecule has 4 heteroatoms. The summed E-state index contributed by atoms with van der Waals surface area (Å²) >= 11 is 3.44. The molecule has 0 saturated carbocycles. The van der Waals surface area contributed by atoms with Crippen molar-refractivity contribution in [3.05, 3.63) is 64.4 Å². The molecular weight excluding hydrogens is 304 g/mol. The molecular formula is C15H16BrN2O+. The Labute approximate surface area is 121 Å². The fraction of sp³-hybridized carbons (Fsp3) is 0.200. The van der Waals surface area contributed by atoms with Gasteiger partial charge in [0.15, 0.2) is 24.1 Å². The Morgan fingerprint density at radius 1 is 1.21 bits per heavy atom. The molecule has 0 amide bonds. The maximum absolute atomic E-state index is 4.96. The molecule has 0 radical (unpaired) electrons. The zero-order chi connectivity index (χ0) is 13.7. The molecule has 1 aromatic carbocycles. The van der Waals surface area contributed by atoms with Gasteiger partial charge in [-0.15, -0.1) is 0 Å². The Balaban J connectivity index is 2.29. The topological polar surface area (TPSA) is 25.5 Å². The first-order chi connectivity index (χ1) is 9.20. The van der Waals surface area contributed by atoms with Crippen molar-refractivity contribution in [1.82, 2.24) is 0 Å². The van der Waals surface area contributed by atoms with Crippen molar-refractivity contribution in [3.8, 4) is 0 Å². The number of nitrogens with zero attached hydrogens (tertiary/aromatic N) is 2. The molecule has 0 bridgehead atoms. The van der Waals surface area contributed by atoms with Gasteiger partial charge < -0.3 is 4.84 Å². The van der Waals surface area contributed by atoms with Crippen LogP contribution < -0.4 is 4.57 Å². The molecule has 2 rings (SSSR count). The van der Waals surface area contributed by atoms with Gasteiger partial charge in [-0.3, -0.25) is 0 Å². The zero-order valence-electron chi connectivity index (χ0n) is 11.0. The number of aryl methyl sites for hydroxylation is 1. The summed E-state index contributed by atoms with van der Waals surface area (Å²) < 4.78 is 3.19. The Bertz CT molecular complexity index is 579. The average Bonchev–Trinajstić information content (AvgIpc) is 2.42. The van der Waals surface area contributed by atoms with Crippen molar-refractivity contribution >= 4 is 21.6 Å². The highest BCUT2D eigenvalue weighted by Gasteiger charge is 2.13. The zero-order valence-corrected chi connectivity index (χ0v) is 12.6. The molecule has 0 saturated heterocycles. The van der Waals surface area contributed by atoms with E-state index in [0.29, 0.717) is 6.54 Å². The maximum Gasteiger partial charge on any atom is 0.194 e. The van der Waals surface area contributed by atoms with Crippen LogP contribution in [-0.4, -0.2) is 12.8 Å². The van der Waals surface area contributed by atoms with Crippen molar-refractivity contribution in [2.75, 3.05) is 7.11 Å². The largest absolute Gasteiger partial charge is 0.399 e. The van der Waals surface area contributed by atoms with E-state index >= 15 is 0 Å². The molecule has 2 aromatic rings. The first-order valence-electron chi connectivity index (χ1n) is 6.02. The molecule has 0 fully saturated rings. The number of hydrogen-bond acceptors (Lipinski definition) is 2. The van der Waals surface area contributed by atoms with E-state index in [-0.39, 0.29) is 0 Å². The third-order valence-electron chi connectivity index (χ3n) is 2.87. The lowest BCUT2D eigenvalue weighted by Gasteiger charge is -2.05. The number of hydrogen-bond donors (Lipinski definition) is 0. The second-order valence-corrected chi connectivity index (χ2v) is 5.11. The van der Waals surface area contributed by atoms with Crippen molar-refractivity contribution in [2.24, 2.45) is 5.16 Å². The lowest BCUT2D eigenvalue weighted by atomic mass is 10.1. The molecule has 1 heterocycles. The van der Waals surface area contributed by atoms with E-state index in [0.717, 1.165) is 15.7 Å². The van der Waals surface area contributed by atoms with Gasteiger partial charge in [0.2, 0.25) is 0 Å². The van der Waals surface area contributed by atoms with Crippen LogP contribution in [0.15, 0.2) is 58.3 Å². The highest BCUT2D eigenvalue weighted by atomic mass is 79.9. The quantitative estimate of drug-likeness (QED) is 0.483. The number of benzene rings is 1. The smallest absolute Gasteiger partial charge is 0.194 e. The van der Waals surface area contributed by atoms with Crippen LogP contribution in [-0.2, 0) is 11.4 Å². The molecule has 0 aliphatic heterocycles. The van der Waals surface area contributed by atoms with Crippen LogP contribution in [0.1, 0.15) is 11.3 Å². The molecule has 0 spiro atoms. The molecule has 19 heavy (non-hydrogen) atoms. The summed E-state index contributed by atoms with van der Waals surface area (Å²) in [6.07, 6.45) is 2.04. The second kappa shape index (κ2) is 6.48. The van der Waals surface area contributed by atoms with Crippen molar-refractivity contribution < 1.29 is 9.40 Å². The predicted octanol–water partition coefficient (Wildman–Crippen LogP) is 3.10. The van der Waals surface area contributed by atoms with Gasteiger partial charge in [0.05, 0.1) is 0 Å². The normalized spacial score (nSPS) is 11.4. The van der Waals surface area contributed by atoms with Crippen molar-refractivity contribution in [1.29, 1.82) is 0 Å². The monoisotopic (exact) mass is 319 g/mol. The van der Waals surface area contributed by atoms with Gasteiger partial charge in [0.1, 0.15) is 7.11 Å². The van der Waals surface area contributed by atoms with Gasteiger partial charge in [-0.1, -0.05) is 39.3 Å². The van der Waals surface area contributed by atoms with Crippen LogP contribution in [0.2, 0.25) is 0 Å². The number of pyridine rings is 1. The van der Waals surface area contributed by atoms with E-state index < -0.39 is 0 Å². The van der Waals surface area contributed by atoms with Crippen molar-refractivity contribution in [3.63, 3.8) is 0 Å². The van der Waals surface area contributed by atoms with E-state index in [1.54, 1.807) is 7.11 Å². The summed E-state index contributed by atoms with van der Waals surface area (Å²) in [7, 11) is 1.57. The number of aromatic nitrogens is 1. The Hall–Kier alpha value is -1.68. The van der Waals surface area contributed by atoms with Crippen LogP contribution >= 0.6 is 15.9 Å². The molecule has 0 atom stereocenters. The number of oxime groups is 1. The Morgan fingerprint density at radius 3 is 2.58 bits per heavy atom.